The highest BCUT2D eigenvalue weighted by atomic mass is 79.9. The summed E-state index contributed by atoms with van der Waals surface area (Å²) in [5.74, 6) is 2.74. The predicted octanol–water partition coefficient (Wildman–Crippen LogP) is 3.44. The van der Waals surface area contributed by atoms with Crippen molar-refractivity contribution >= 4 is 27.4 Å². The Kier molecular flexibility index (Phi) is 3.74. The summed E-state index contributed by atoms with van der Waals surface area (Å²) in [6.45, 7) is 4.09. The van der Waals surface area contributed by atoms with E-state index < -0.39 is 0 Å². The Morgan fingerprint density at radius 2 is 1.59 bits per heavy atom. The van der Waals surface area contributed by atoms with Crippen molar-refractivity contribution in [3.63, 3.8) is 0 Å². The summed E-state index contributed by atoms with van der Waals surface area (Å²) < 4.78 is 1.13. The zero-order valence-corrected chi connectivity index (χ0v) is 14.0. The quantitative estimate of drug-likeness (QED) is 0.841. The average molecular weight is 359 g/mol. The van der Waals surface area contributed by atoms with Crippen LogP contribution in [0.15, 0.2) is 41.0 Å². The Hall–Kier alpha value is -1.62. The Balaban J connectivity index is 1.43. The lowest BCUT2D eigenvalue weighted by molar-refractivity contribution is 0.644. The van der Waals surface area contributed by atoms with Crippen LogP contribution < -0.4 is 9.80 Å². The highest BCUT2D eigenvalue weighted by molar-refractivity contribution is 9.10. The number of nitrogens with zero attached hydrogens (tertiary/aromatic N) is 4. The number of hydrogen-bond acceptors (Lipinski definition) is 4. The lowest BCUT2D eigenvalue weighted by Crippen LogP contribution is -2.46. The molecule has 0 radical (unpaired) electrons. The van der Waals surface area contributed by atoms with E-state index in [1.807, 2.05) is 12.3 Å². The minimum Gasteiger partial charge on any atom is -0.368 e. The first-order valence-corrected chi connectivity index (χ1v) is 8.67. The van der Waals surface area contributed by atoms with E-state index in [1.54, 1.807) is 0 Å². The number of piperazine rings is 1. The highest BCUT2D eigenvalue weighted by Gasteiger charge is 2.27. The van der Waals surface area contributed by atoms with Gasteiger partial charge in [-0.3, -0.25) is 0 Å². The van der Waals surface area contributed by atoms with Gasteiger partial charge in [0.15, 0.2) is 0 Å². The number of benzene rings is 1. The van der Waals surface area contributed by atoms with Crippen molar-refractivity contribution in [2.24, 2.45) is 0 Å². The monoisotopic (exact) mass is 358 g/mol. The zero-order valence-electron chi connectivity index (χ0n) is 12.5. The lowest BCUT2D eigenvalue weighted by Gasteiger charge is -2.36. The molecule has 2 aromatic rings. The normalized spacial score (nSPS) is 18.6. The van der Waals surface area contributed by atoms with E-state index in [2.05, 4.69) is 55.0 Å². The fourth-order valence-corrected chi connectivity index (χ4v) is 3.19. The SMILES string of the molecule is Brc1ccc(N2CCN(c3ccnc(C4CC4)n3)CC2)cc1. The van der Waals surface area contributed by atoms with Crippen LogP contribution in [0.1, 0.15) is 24.6 Å². The molecule has 2 heterocycles. The Morgan fingerprint density at radius 1 is 0.909 bits per heavy atom. The van der Waals surface area contributed by atoms with Crippen molar-refractivity contribution in [1.82, 2.24) is 9.97 Å². The number of anilines is 2. The molecular weight excluding hydrogens is 340 g/mol. The molecule has 1 saturated carbocycles. The van der Waals surface area contributed by atoms with E-state index >= 15 is 0 Å². The number of aromatic nitrogens is 2. The molecule has 5 heteroatoms. The van der Waals surface area contributed by atoms with Crippen LogP contribution in [-0.2, 0) is 0 Å². The summed E-state index contributed by atoms with van der Waals surface area (Å²) in [4.78, 5) is 14.0. The first kappa shape index (κ1) is 14.0. The first-order valence-electron chi connectivity index (χ1n) is 7.88. The van der Waals surface area contributed by atoms with Gasteiger partial charge in [-0.2, -0.15) is 0 Å². The topological polar surface area (TPSA) is 32.3 Å². The van der Waals surface area contributed by atoms with E-state index in [9.17, 15) is 0 Å². The largest absolute Gasteiger partial charge is 0.368 e. The first-order chi connectivity index (χ1) is 10.8. The van der Waals surface area contributed by atoms with Gasteiger partial charge in [-0.25, -0.2) is 9.97 Å². The maximum Gasteiger partial charge on any atom is 0.133 e. The lowest BCUT2D eigenvalue weighted by atomic mass is 10.2. The molecule has 2 aliphatic rings. The van der Waals surface area contributed by atoms with Crippen molar-refractivity contribution in [2.45, 2.75) is 18.8 Å². The van der Waals surface area contributed by atoms with Gasteiger partial charge in [0.2, 0.25) is 0 Å². The van der Waals surface area contributed by atoms with Gasteiger partial charge in [0.05, 0.1) is 0 Å². The van der Waals surface area contributed by atoms with Crippen LogP contribution in [0.25, 0.3) is 0 Å². The van der Waals surface area contributed by atoms with Crippen LogP contribution in [-0.4, -0.2) is 36.1 Å². The molecule has 1 aromatic carbocycles. The summed E-state index contributed by atoms with van der Waals surface area (Å²) in [6, 6.07) is 10.6. The van der Waals surface area contributed by atoms with E-state index in [1.165, 1.54) is 18.5 Å². The summed E-state index contributed by atoms with van der Waals surface area (Å²) in [5, 5.41) is 0. The Bertz CT molecular complexity index is 646. The molecule has 1 aromatic heterocycles. The second-order valence-electron chi connectivity index (χ2n) is 6.00. The van der Waals surface area contributed by atoms with Crippen LogP contribution in [0.3, 0.4) is 0 Å². The van der Waals surface area contributed by atoms with Gasteiger partial charge in [0, 0.05) is 48.5 Å². The zero-order chi connectivity index (χ0) is 14.9. The maximum absolute atomic E-state index is 4.76. The average Bonchev–Trinajstić information content (AvgIpc) is 3.41. The summed E-state index contributed by atoms with van der Waals surface area (Å²) in [6.07, 6.45) is 4.42. The molecule has 0 unspecified atom stereocenters. The Morgan fingerprint density at radius 3 is 2.27 bits per heavy atom. The second-order valence-corrected chi connectivity index (χ2v) is 6.91. The van der Waals surface area contributed by atoms with Crippen molar-refractivity contribution in [3.05, 3.63) is 46.8 Å². The molecule has 0 bridgehead atoms. The third-order valence-electron chi connectivity index (χ3n) is 4.40. The van der Waals surface area contributed by atoms with E-state index in [4.69, 9.17) is 4.98 Å². The van der Waals surface area contributed by atoms with Crippen molar-refractivity contribution in [3.8, 4) is 0 Å². The van der Waals surface area contributed by atoms with Gasteiger partial charge in [0.25, 0.3) is 0 Å². The molecule has 4 rings (SSSR count). The predicted molar refractivity (Wildman–Crippen MR) is 92.6 cm³/mol. The van der Waals surface area contributed by atoms with Crippen LogP contribution in [0.5, 0.6) is 0 Å². The highest BCUT2D eigenvalue weighted by Crippen LogP contribution is 2.38. The van der Waals surface area contributed by atoms with Gasteiger partial charge in [-0.1, -0.05) is 15.9 Å². The third-order valence-corrected chi connectivity index (χ3v) is 4.93. The smallest absolute Gasteiger partial charge is 0.133 e. The molecule has 1 aliphatic carbocycles. The molecule has 22 heavy (non-hydrogen) atoms. The molecule has 4 nitrogen and oxygen atoms in total. The van der Waals surface area contributed by atoms with E-state index in [0.717, 1.165) is 42.3 Å². The molecule has 0 spiro atoms. The van der Waals surface area contributed by atoms with Gasteiger partial charge in [-0.15, -0.1) is 0 Å². The van der Waals surface area contributed by atoms with Gasteiger partial charge in [-0.05, 0) is 43.2 Å². The standard InChI is InChI=1S/C17H19BrN4/c18-14-3-5-15(6-4-14)21-9-11-22(12-10-21)16-7-8-19-17(20-16)13-1-2-13/h3-8,13H,1-2,9-12H2. The number of halogens is 1. The summed E-state index contributed by atoms with van der Waals surface area (Å²) in [5.41, 5.74) is 1.30. The fourth-order valence-electron chi connectivity index (χ4n) is 2.92. The molecule has 1 aliphatic heterocycles. The molecule has 0 atom stereocenters. The van der Waals surface area contributed by atoms with Crippen molar-refractivity contribution in [1.29, 1.82) is 0 Å². The van der Waals surface area contributed by atoms with Gasteiger partial charge < -0.3 is 9.80 Å². The molecule has 1 saturated heterocycles. The van der Waals surface area contributed by atoms with Crippen LogP contribution in [0.2, 0.25) is 0 Å². The van der Waals surface area contributed by atoms with Crippen molar-refractivity contribution < 1.29 is 0 Å². The van der Waals surface area contributed by atoms with E-state index in [-0.39, 0.29) is 0 Å². The van der Waals surface area contributed by atoms with Gasteiger partial charge >= 0.3 is 0 Å². The fraction of sp³-hybridized carbons (Fsp3) is 0.412. The van der Waals surface area contributed by atoms with Crippen LogP contribution in [0.4, 0.5) is 11.5 Å². The van der Waals surface area contributed by atoms with Crippen LogP contribution >= 0.6 is 15.9 Å². The van der Waals surface area contributed by atoms with Gasteiger partial charge in [0.1, 0.15) is 11.6 Å². The van der Waals surface area contributed by atoms with E-state index in [0.29, 0.717) is 5.92 Å². The summed E-state index contributed by atoms with van der Waals surface area (Å²) >= 11 is 3.49. The number of rotatable bonds is 3. The Labute approximate surface area is 139 Å². The molecule has 0 N–H and O–H groups in total. The number of hydrogen-bond donors (Lipinski definition) is 0. The minimum atomic E-state index is 0.615. The third kappa shape index (κ3) is 2.95. The van der Waals surface area contributed by atoms with Crippen LogP contribution in [0, 0.1) is 0 Å². The molecular formula is C17H19BrN4. The molecule has 114 valence electrons. The molecule has 0 amide bonds. The summed E-state index contributed by atoms with van der Waals surface area (Å²) in [7, 11) is 0. The minimum absolute atomic E-state index is 0.615. The maximum atomic E-state index is 4.76. The second kappa shape index (κ2) is 5.88. The van der Waals surface area contributed by atoms with Crippen molar-refractivity contribution in [2.75, 3.05) is 36.0 Å². The molecule has 2 fully saturated rings.